The number of ketones is 1. The van der Waals surface area contributed by atoms with Crippen LogP contribution in [0.25, 0.3) is 0 Å². The lowest BCUT2D eigenvalue weighted by atomic mass is 10.2. The molecule has 0 unspecified atom stereocenters. The summed E-state index contributed by atoms with van der Waals surface area (Å²) in [7, 11) is 1.58. The van der Waals surface area contributed by atoms with Crippen molar-refractivity contribution >= 4 is 40.6 Å². The van der Waals surface area contributed by atoms with E-state index in [1.165, 1.54) is 11.8 Å². The van der Waals surface area contributed by atoms with Crippen molar-refractivity contribution in [2.24, 2.45) is 0 Å². The van der Waals surface area contributed by atoms with Crippen molar-refractivity contribution in [3.05, 3.63) is 28.2 Å². The van der Waals surface area contributed by atoms with Gasteiger partial charge in [-0.1, -0.05) is 23.2 Å². The minimum atomic E-state index is -0.286. The Balaban J connectivity index is 2.91. The third kappa shape index (κ3) is 3.51. The molecule has 0 heterocycles. The Bertz CT molecular complexity index is 412. The van der Waals surface area contributed by atoms with Crippen LogP contribution in [0.15, 0.2) is 18.2 Å². The lowest BCUT2D eigenvalue weighted by Crippen LogP contribution is -2.27. The normalized spacial score (nSPS) is 10.0. The zero-order valence-corrected chi connectivity index (χ0v) is 10.5. The molecule has 0 fully saturated rings. The first kappa shape index (κ1) is 13.0. The summed E-state index contributed by atoms with van der Waals surface area (Å²) < 4.78 is 0. The fourth-order valence-electron chi connectivity index (χ4n) is 1.21. The molecule has 0 bridgehead atoms. The number of amides is 1. The Morgan fingerprint density at radius 3 is 2.12 bits per heavy atom. The molecule has 3 nitrogen and oxygen atoms in total. The first-order chi connectivity index (χ1) is 7.40. The zero-order chi connectivity index (χ0) is 12.3. The maximum Gasteiger partial charge on any atom is 0.234 e. The molecule has 0 aliphatic carbocycles. The average molecular weight is 260 g/mol. The molecule has 86 valence electrons. The highest BCUT2D eigenvalue weighted by Crippen LogP contribution is 2.25. The molecular formula is C11H11Cl2NO2. The van der Waals surface area contributed by atoms with Crippen molar-refractivity contribution in [1.82, 2.24) is 0 Å². The van der Waals surface area contributed by atoms with Crippen LogP contribution in [0.5, 0.6) is 0 Å². The molecule has 0 atom stereocenters. The van der Waals surface area contributed by atoms with Gasteiger partial charge in [0.15, 0.2) is 0 Å². The summed E-state index contributed by atoms with van der Waals surface area (Å²) in [4.78, 5) is 23.8. The van der Waals surface area contributed by atoms with Crippen LogP contribution >= 0.6 is 23.2 Å². The highest BCUT2D eigenvalue weighted by molar-refractivity contribution is 6.35. The summed E-state index contributed by atoms with van der Waals surface area (Å²) in [6.45, 7) is 1.37. The molecule has 0 saturated heterocycles. The summed E-state index contributed by atoms with van der Waals surface area (Å²) >= 11 is 11.6. The fraction of sp³-hybridized carbons (Fsp3) is 0.273. The third-order valence-electron chi connectivity index (χ3n) is 2.01. The molecule has 0 aliphatic rings. The van der Waals surface area contributed by atoms with E-state index < -0.39 is 0 Å². The topological polar surface area (TPSA) is 37.4 Å². The number of anilines is 1. The minimum absolute atomic E-state index is 0.124. The smallest absolute Gasteiger partial charge is 0.234 e. The van der Waals surface area contributed by atoms with Gasteiger partial charge in [-0.25, -0.2) is 0 Å². The van der Waals surface area contributed by atoms with Gasteiger partial charge in [0.25, 0.3) is 0 Å². The van der Waals surface area contributed by atoms with Gasteiger partial charge in [-0.15, -0.1) is 0 Å². The number of carbonyl (C=O) groups is 2. The lowest BCUT2D eigenvalue weighted by Gasteiger charge is -2.17. The highest BCUT2D eigenvalue weighted by Gasteiger charge is 2.13. The Hall–Kier alpha value is -1.06. The van der Waals surface area contributed by atoms with E-state index in [1.807, 2.05) is 0 Å². The Labute approximate surface area is 104 Å². The Morgan fingerprint density at radius 2 is 1.69 bits per heavy atom. The summed E-state index contributed by atoms with van der Waals surface area (Å²) in [6.07, 6.45) is -0.124. The number of halogens is 2. The number of hydrogen-bond acceptors (Lipinski definition) is 2. The van der Waals surface area contributed by atoms with Crippen LogP contribution < -0.4 is 4.90 Å². The first-order valence-corrected chi connectivity index (χ1v) is 5.38. The van der Waals surface area contributed by atoms with Gasteiger partial charge in [-0.2, -0.15) is 0 Å². The first-order valence-electron chi connectivity index (χ1n) is 4.62. The van der Waals surface area contributed by atoms with Crippen LogP contribution in [-0.2, 0) is 9.59 Å². The average Bonchev–Trinajstić information content (AvgIpc) is 2.13. The molecular weight excluding hydrogens is 249 g/mol. The molecule has 1 aromatic carbocycles. The Morgan fingerprint density at radius 1 is 1.19 bits per heavy atom. The van der Waals surface area contributed by atoms with E-state index in [1.54, 1.807) is 25.2 Å². The molecule has 1 amide bonds. The third-order valence-corrected chi connectivity index (χ3v) is 2.45. The predicted octanol–water partition coefficient (Wildman–Crippen LogP) is 2.94. The standard InChI is InChI=1S/C11H11Cl2NO2/c1-7(15)3-11(16)14(2)10-5-8(12)4-9(13)6-10/h4-6H,3H2,1-2H3. The molecule has 5 heteroatoms. The second-order valence-corrected chi connectivity index (χ2v) is 4.33. The van der Waals surface area contributed by atoms with E-state index in [0.29, 0.717) is 15.7 Å². The predicted molar refractivity (Wildman–Crippen MR) is 65.2 cm³/mol. The highest BCUT2D eigenvalue weighted by atomic mass is 35.5. The molecule has 16 heavy (non-hydrogen) atoms. The van der Waals surface area contributed by atoms with Crippen molar-refractivity contribution < 1.29 is 9.59 Å². The lowest BCUT2D eigenvalue weighted by molar-refractivity contribution is -0.125. The van der Waals surface area contributed by atoms with Crippen LogP contribution in [-0.4, -0.2) is 18.7 Å². The van der Waals surface area contributed by atoms with E-state index in [4.69, 9.17) is 23.2 Å². The SMILES string of the molecule is CC(=O)CC(=O)N(C)c1cc(Cl)cc(Cl)c1. The monoisotopic (exact) mass is 259 g/mol. The maximum atomic E-state index is 11.6. The number of carbonyl (C=O) groups excluding carboxylic acids is 2. The molecule has 1 rings (SSSR count). The summed E-state index contributed by atoms with van der Waals surface area (Å²) in [6, 6.07) is 4.81. The van der Waals surface area contributed by atoms with Crippen LogP contribution in [0, 0.1) is 0 Å². The van der Waals surface area contributed by atoms with Crippen LogP contribution in [0.2, 0.25) is 10.0 Å². The quantitative estimate of drug-likeness (QED) is 0.783. The van der Waals surface area contributed by atoms with E-state index in [-0.39, 0.29) is 18.1 Å². The number of Topliss-reactive ketones (excluding diaryl/α,β-unsaturated/α-hetero) is 1. The largest absolute Gasteiger partial charge is 0.315 e. The van der Waals surface area contributed by atoms with Gasteiger partial charge in [0, 0.05) is 22.8 Å². The van der Waals surface area contributed by atoms with E-state index in [9.17, 15) is 9.59 Å². The number of nitrogens with zero attached hydrogens (tertiary/aromatic N) is 1. The van der Waals surface area contributed by atoms with E-state index >= 15 is 0 Å². The number of benzene rings is 1. The summed E-state index contributed by atoms with van der Waals surface area (Å²) in [5.41, 5.74) is 0.573. The van der Waals surface area contributed by atoms with Gasteiger partial charge in [0.05, 0.1) is 6.42 Å². The van der Waals surface area contributed by atoms with Crippen molar-refractivity contribution in [2.75, 3.05) is 11.9 Å². The molecule has 0 N–H and O–H groups in total. The number of hydrogen-bond donors (Lipinski definition) is 0. The van der Waals surface area contributed by atoms with Crippen molar-refractivity contribution in [1.29, 1.82) is 0 Å². The maximum absolute atomic E-state index is 11.6. The minimum Gasteiger partial charge on any atom is -0.315 e. The van der Waals surface area contributed by atoms with Crippen LogP contribution in [0.3, 0.4) is 0 Å². The fourth-order valence-corrected chi connectivity index (χ4v) is 1.72. The van der Waals surface area contributed by atoms with E-state index in [0.717, 1.165) is 0 Å². The van der Waals surface area contributed by atoms with E-state index in [2.05, 4.69) is 0 Å². The number of rotatable bonds is 3. The van der Waals surface area contributed by atoms with Gasteiger partial charge in [0.2, 0.25) is 5.91 Å². The molecule has 0 radical (unpaired) electrons. The second-order valence-electron chi connectivity index (χ2n) is 3.46. The van der Waals surface area contributed by atoms with Crippen LogP contribution in [0.4, 0.5) is 5.69 Å². The van der Waals surface area contributed by atoms with Crippen molar-refractivity contribution in [2.45, 2.75) is 13.3 Å². The van der Waals surface area contributed by atoms with Gasteiger partial charge in [0.1, 0.15) is 5.78 Å². The molecule has 0 aliphatic heterocycles. The second kappa shape index (κ2) is 5.32. The Kier molecular flexibility index (Phi) is 4.33. The van der Waals surface area contributed by atoms with Gasteiger partial charge in [-0.3, -0.25) is 9.59 Å². The van der Waals surface area contributed by atoms with Gasteiger partial charge in [-0.05, 0) is 25.1 Å². The van der Waals surface area contributed by atoms with Gasteiger partial charge >= 0.3 is 0 Å². The molecule has 0 spiro atoms. The van der Waals surface area contributed by atoms with Crippen molar-refractivity contribution in [3.8, 4) is 0 Å². The molecule has 0 aromatic heterocycles. The molecule has 0 saturated carbocycles. The van der Waals surface area contributed by atoms with Crippen molar-refractivity contribution in [3.63, 3.8) is 0 Å². The van der Waals surface area contributed by atoms with Crippen LogP contribution in [0.1, 0.15) is 13.3 Å². The van der Waals surface area contributed by atoms with Gasteiger partial charge < -0.3 is 4.90 Å². The molecule has 1 aromatic rings. The zero-order valence-electron chi connectivity index (χ0n) is 8.96. The summed E-state index contributed by atoms with van der Waals surface area (Å²) in [5.74, 6) is -0.462. The summed E-state index contributed by atoms with van der Waals surface area (Å²) in [5, 5.41) is 0.898.